The summed E-state index contributed by atoms with van der Waals surface area (Å²) in [5, 5.41) is 4.17. The smallest absolute Gasteiger partial charge is 0.220 e. The van der Waals surface area contributed by atoms with Gasteiger partial charge < -0.3 is 5.32 Å². The Morgan fingerprint density at radius 3 is 2.93 bits per heavy atom. The van der Waals surface area contributed by atoms with Gasteiger partial charge in [0.15, 0.2) is 0 Å². The Hall–Kier alpha value is -0.0500. The number of carbonyl (C=O) groups is 1. The third-order valence-electron chi connectivity index (χ3n) is 2.96. The molecule has 14 heavy (non-hydrogen) atoms. The highest BCUT2D eigenvalue weighted by Gasteiger charge is 2.27. The lowest BCUT2D eigenvalue weighted by Crippen LogP contribution is -2.37. The third-order valence-corrected chi connectivity index (χ3v) is 3.79. The number of halogens is 1. The Kier molecular flexibility index (Phi) is 5.53. The van der Waals surface area contributed by atoms with Crippen molar-refractivity contribution in [2.45, 2.75) is 51.5 Å². The van der Waals surface area contributed by atoms with Gasteiger partial charge in [-0.3, -0.25) is 4.79 Å². The van der Waals surface area contributed by atoms with Crippen LogP contribution in [-0.4, -0.2) is 17.3 Å². The number of carbonyl (C=O) groups excluding carboxylic acids is 1. The van der Waals surface area contributed by atoms with Crippen molar-refractivity contribution in [2.24, 2.45) is 5.92 Å². The van der Waals surface area contributed by atoms with Crippen LogP contribution in [0.15, 0.2) is 0 Å². The van der Waals surface area contributed by atoms with Crippen molar-refractivity contribution in [1.29, 1.82) is 0 Å². The predicted octanol–water partition coefficient (Wildman–Crippen LogP) is 2.86. The normalized spacial score (nSPS) is 26.4. The summed E-state index contributed by atoms with van der Waals surface area (Å²) < 4.78 is 0. The van der Waals surface area contributed by atoms with Crippen LogP contribution in [0.3, 0.4) is 0 Å². The first-order valence-corrected chi connectivity index (χ1v) is 6.75. The average molecular weight is 262 g/mol. The molecule has 2 unspecified atom stereocenters. The Morgan fingerprint density at radius 2 is 2.29 bits per heavy atom. The van der Waals surface area contributed by atoms with Gasteiger partial charge in [-0.15, -0.1) is 0 Å². The molecule has 2 nitrogen and oxygen atoms in total. The van der Waals surface area contributed by atoms with Crippen molar-refractivity contribution in [3.05, 3.63) is 0 Å². The van der Waals surface area contributed by atoms with Crippen molar-refractivity contribution in [1.82, 2.24) is 5.32 Å². The number of hydrogen-bond donors (Lipinski definition) is 1. The fourth-order valence-electron chi connectivity index (χ4n) is 2.03. The first-order chi connectivity index (χ1) is 6.77. The van der Waals surface area contributed by atoms with E-state index in [0.717, 1.165) is 24.6 Å². The van der Waals surface area contributed by atoms with Crippen LogP contribution in [0.1, 0.15) is 45.4 Å². The molecule has 1 aliphatic carbocycles. The van der Waals surface area contributed by atoms with Gasteiger partial charge in [-0.25, -0.2) is 0 Å². The van der Waals surface area contributed by atoms with Crippen molar-refractivity contribution in [3.8, 4) is 0 Å². The van der Waals surface area contributed by atoms with Crippen LogP contribution >= 0.6 is 15.9 Å². The van der Waals surface area contributed by atoms with Crippen LogP contribution in [0.25, 0.3) is 0 Å². The van der Waals surface area contributed by atoms with Crippen molar-refractivity contribution < 1.29 is 4.79 Å². The van der Waals surface area contributed by atoms with E-state index >= 15 is 0 Å². The Bertz CT molecular complexity index is 184. The molecule has 82 valence electrons. The lowest BCUT2D eigenvalue weighted by atomic mass is 10.1. The zero-order chi connectivity index (χ0) is 10.4. The summed E-state index contributed by atoms with van der Waals surface area (Å²) >= 11 is 3.51. The van der Waals surface area contributed by atoms with Crippen molar-refractivity contribution >= 4 is 21.8 Å². The first kappa shape index (κ1) is 12.0. The van der Waals surface area contributed by atoms with Gasteiger partial charge >= 0.3 is 0 Å². The van der Waals surface area contributed by atoms with Crippen LogP contribution in [-0.2, 0) is 4.79 Å². The van der Waals surface area contributed by atoms with E-state index in [2.05, 4.69) is 28.2 Å². The molecule has 0 radical (unpaired) electrons. The number of nitrogens with one attached hydrogen (secondary N) is 1. The molecule has 1 N–H and O–H groups in total. The third kappa shape index (κ3) is 3.60. The molecule has 1 amide bonds. The zero-order valence-corrected chi connectivity index (χ0v) is 10.5. The molecule has 1 rings (SSSR count). The number of amides is 1. The van der Waals surface area contributed by atoms with E-state index in [1.807, 2.05) is 0 Å². The fourth-order valence-corrected chi connectivity index (χ4v) is 2.80. The van der Waals surface area contributed by atoms with E-state index in [1.54, 1.807) is 0 Å². The minimum absolute atomic E-state index is 0.240. The highest BCUT2D eigenvalue weighted by atomic mass is 79.9. The molecule has 0 saturated heterocycles. The topological polar surface area (TPSA) is 29.1 Å². The van der Waals surface area contributed by atoms with Gasteiger partial charge in [0.05, 0.1) is 0 Å². The first-order valence-electron chi connectivity index (χ1n) is 5.63. The summed E-state index contributed by atoms with van der Waals surface area (Å²) in [6.45, 7) is 2.12. The van der Waals surface area contributed by atoms with E-state index in [-0.39, 0.29) is 5.91 Å². The van der Waals surface area contributed by atoms with E-state index in [4.69, 9.17) is 0 Å². The average Bonchev–Trinajstić information content (AvgIpc) is 2.62. The van der Waals surface area contributed by atoms with E-state index in [1.165, 1.54) is 12.8 Å². The molecule has 1 aliphatic rings. The summed E-state index contributed by atoms with van der Waals surface area (Å²) in [6, 6.07) is 0.429. The van der Waals surface area contributed by atoms with Crippen LogP contribution in [0.2, 0.25) is 0 Å². The van der Waals surface area contributed by atoms with E-state index in [0.29, 0.717) is 18.4 Å². The minimum atomic E-state index is 0.240. The summed E-state index contributed by atoms with van der Waals surface area (Å²) in [7, 11) is 0. The number of rotatable bonds is 5. The maximum atomic E-state index is 11.5. The molecule has 0 spiro atoms. The highest BCUT2D eigenvalue weighted by Crippen LogP contribution is 2.27. The highest BCUT2D eigenvalue weighted by molar-refractivity contribution is 9.09. The monoisotopic (exact) mass is 261 g/mol. The molecule has 0 aromatic heterocycles. The van der Waals surface area contributed by atoms with Crippen LogP contribution in [0, 0.1) is 5.92 Å². The lowest BCUT2D eigenvalue weighted by molar-refractivity contribution is -0.122. The van der Waals surface area contributed by atoms with Gasteiger partial charge in [0, 0.05) is 17.8 Å². The molecule has 0 aliphatic heterocycles. The van der Waals surface area contributed by atoms with E-state index in [9.17, 15) is 4.79 Å². The summed E-state index contributed by atoms with van der Waals surface area (Å²) in [5.41, 5.74) is 0. The molecular formula is C11H20BrNO. The van der Waals surface area contributed by atoms with Gasteiger partial charge in [-0.1, -0.05) is 35.7 Å². The molecule has 0 aromatic carbocycles. The number of unbranched alkanes of at least 4 members (excludes halogenated alkanes) is 1. The number of hydrogen-bond acceptors (Lipinski definition) is 1. The molecule has 0 aromatic rings. The second-order valence-corrected chi connectivity index (χ2v) is 4.77. The molecule has 0 heterocycles. The summed E-state index contributed by atoms with van der Waals surface area (Å²) in [6.07, 6.45) is 6.48. The SMILES string of the molecule is CCCCC(=O)NC1CCCC1CBr. The van der Waals surface area contributed by atoms with E-state index < -0.39 is 0 Å². The minimum Gasteiger partial charge on any atom is -0.353 e. The molecule has 1 fully saturated rings. The molecule has 1 saturated carbocycles. The van der Waals surface area contributed by atoms with Crippen LogP contribution < -0.4 is 5.32 Å². The Labute approximate surface area is 95.0 Å². The molecular weight excluding hydrogens is 242 g/mol. The molecule has 0 bridgehead atoms. The van der Waals surface area contributed by atoms with Gasteiger partial charge in [0.25, 0.3) is 0 Å². The van der Waals surface area contributed by atoms with Gasteiger partial charge in [-0.05, 0) is 25.2 Å². The second-order valence-electron chi connectivity index (χ2n) is 4.12. The Morgan fingerprint density at radius 1 is 1.50 bits per heavy atom. The van der Waals surface area contributed by atoms with Crippen molar-refractivity contribution in [2.75, 3.05) is 5.33 Å². The molecule has 3 heteroatoms. The van der Waals surface area contributed by atoms with Crippen LogP contribution in [0.5, 0.6) is 0 Å². The standard InChI is InChI=1S/C11H20BrNO/c1-2-3-7-11(14)13-10-6-4-5-9(10)8-12/h9-10H,2-8H2,1H3,(H,13,14). The van der Waals surface area contributed by atoms with Gasteiger partial charge in [-0.2, -0.15) is 0 Å². The summed E-state index contributed by atoms with van der Waals surface area (Å²) in [5.74, 6) is 0.894. The summed E-state index contributed by atoms with van der Waals surface area (Å²) in [4.78, 5) is 11.5. The van der Waals surface area contributed by atoms with Gasteiger partial charge in [0.1, 0.15) is 0 Å². The maximum absolute atomic E-state index is 11.5. The zero-order valence-electron chi connectivity index (χ0n) is 8.89. The molecule has 2 atom stereocenters. The Balaban J connectivity index is 2.25. The van der Waals surface area contributed by atoms with Crippen molar-refractivity contribution in [3.63, 3.8) is 0 Å². The quantitative estimate of drug-likeness (QED) is 0.758. The second kappa shape index (κ2) is 6.44. The van der Waals surface area contributed by atoms with Crippen LogP contribution in [0.4, 0.5) is 0 Å². The largest absolute Gasteiger partial charge is 0.353 e. The number of alkyl halides is 1. The lowest BCUT2D eigenvalue weighted by Gasteiger charge is -2.18. The fraction of sp³-hybridized carbons (Fsp3) is 0.909. The van der Waals surface area contributed by atoms with Gasteiger partial charge in [0.2, 0.25) is 5.91 Å². The predicted molar refractivity (Wildman–Crippen MR) is 62.6 cm³/mol. The maximum Gasteiger partial charge on any atom is 0.220 e.